The van der Waals surface area contributed by atoms with E-state index in [-0.39, 0.29) is 6.54 Å². The van der Waals surface area contributed by atoms with Crippen molar-refractivity contribution in [2.24, 2.45) is 0 Å². The molecular formula is C9H16N2O4. The standard InChI is InChI=1S/C9H16N2O4/c1-10(2)4-3-5-11-8(14)6(12)7(13)9(11)15/h6-7,12-13H,3-5H2,1-2H3/t6-,7-/m0/s1. The van der Waals surface area contributed by atoms with Crippen LogP contribution in [0.25, 0.3) is 0 Å². The Morgan fingerprint density at radius 2 is 1.67 bits per heavy atom. The van der Waals surface area contributed by atoms with Crippen LogP contribution in [-0.2, 0) is 9.59 Å². The molecule has 2 amide bonds. The van der Waals surface area contributed by atoms with Gasteiger partial charge < -0.3 is 15.1 Å². The Morgan fingerprint density at radius 1 is 1.20 bits per heavy atom. The Balaban J connectivity index is 2.48. The zero-order valence-electron chi connectivity index (χ0n) is 8.88. The quantitative estimate of drug-likeness (QED) is 0.533. The fraction of sp³-hybridized carbons (Fsp3) is 0.778. The number of imide groups is 1. The van der Waals surface area contributed by atoms with Crippen molar-refractivity contribution in [1.29, 1.82) is 0 Å². The predicted molar refractivity (Wildman–Crippen MR) is 51.9 cm³/mol. The van der Waals surface area contributed by atoms with Crippen molar-refractivity contribution in [3.63, 3.8) is 0 Å². The van der Waals surface area contributed by atoms with Crippen LogP contribution in [0, 0.1) is 0 Å². The van der Waals surface area contributed by atoms with Gasteiger partial charge in [0.15, 0.2) is 12.2 Å². The second-order valence-electron chi connectivity index (χ2n) is 3.87. The van der Waals surface area contributed by atoms with Gasteiger partial charge in [0.05, 0.1) is 0 Å². The van der Waals surface area contributed by atoms with Crippen LogP contribution in [0.2, 0.25) is 0 Å². The first-order chi connectivity index (χ1) is 6.95. The molecule has 0 aliphatic carbocycles. The number of hydrogen-bond donors (Lipinski definition) is 2. The molecule has 0 unspecified atom stereocenters. The molecular weight excluding hydrogens is 200 g/mol. The van der Waals surface area contributed by atoms with Crippen molar-refractivity contribution >= 4 is 11.8 Å². The molecule has 1 aliphatic heterocycles. The largest absolute Gasteiger partial charge is 0.380 e. The van der Waals surface area contributed by atoms with Crippen LogP contribution in [0.4, 0.5) is 0 Å². The smallest absolute Gasteiger partial charge is 0.261 e. The molecule has 6 heteroatoms. The van der Waals surface area contributed by atoms with Gasteiger partial charge in [0.1, 0.15) is 0 Å². The first-order valence-electron chi connectivity index (χ1n) is 4.81. The summed E-state index contributed by atoms with van der Waals surface area (Å²) in [7, 11) is 3.77. The van der Waals surface area contributed by atoms with Crippen LogP contribution in [0.15, 0.2) is 0 Å². The predicted octanol–water partition coefficient (Wildman–Crippen LogP) is -1.97. The fourth-order valence-electron chi connectivity index (χ4n) is 1.46. The first kappa shape index (κ1) is 12.1. The third-order valence-corrected chi connectivity index (χ3v) is 2.32. The SMILES string of the molecule is CN(C)CCCN1C(=O)[C@@H](O)[C@H](O)C1=O. The highest BCUT2D eigenvalue weighted by atomic mass is 16.4. The molecule has 15 heavy (non-hydrogen) atoms. The van der Waals surface area contributed by atoms with Crippen LogP contribution in [0.5, 0.6) is 0 Å². The van der Waals surface area contributed by atoms with Crippen LogP contribution in [-0.4, -0.2) is 71.2 Å². The third kappa shape index (κ3) is 2.53. The van der Waals surface area contributed by atoms with Crippen LogP contribution >= 0.6 is 0 Å². The average molecular weight is 216 g/mol. The van der Waals surface area contributed by atoms with Crippen LogP contribution in [0.1, 0.15) is 6.42 Å². The first-order valence-corrected chi connectivity index (χ1v) is 4.81. The summed E-state index contributed by atoms with van der Waals surface area (Å²) in [6, 6.07) is 0. The fourth-order valence-corrected chi connectivity index (χ4v) is 1.46. The van der Waals surface area contributed by atoms with Gasteiger partial charge in [-0.2, -0.15) is 0 Å². The zero-order valence-corrected chi connectivity index (χ0v) is 8.88. The second kappa shape index (κ2) is 4.69. The van der Waals surface area contributed by atoms with Crippen molar-refractivity contribution in [1.82, 2.24) is 9.80 Å². The highest BCUT2D eigenvalue weighted by Crippen LogP contribution is 2.13. The average Bonchev–Trinajstić information content (AvgIpc) is 2.34. The van der Waals surface area contributed by atoms with Gasteiger partial charge in [-0.1, -0.05) is 0 Å². The lowest BCUT2D eigenvalue weighted by Crippen LogP contribution is -2.34. The van der Waals surface area contributed by atoms with Crippen molar-refractivity contribution in [2.75, 3.05) is 27.2 Å². The molecule has 2 atom stereocenters. The topological polar surface area (TPSA) is 81.1 Å². The van der Waals surface area contributed by atoms with Crippen molar-refractivity contribution in [3.05, 3.63) is 0 Å². The van der Waals surface area contributed by atoms with Gasteiger partial charge in [0, 0.05) is 6.54 Å². The number of carbonyl (C=O) groups is 2. The molecule has 0 radical (unpaired) electrons. The maximum atomic E-state index is 11.3. The van der Waals surface area contributed by atoms with Gasteiger partial charge >= 0.3 is 0 Å². The van der Waals surface area contributed by atoms with Gasteiger partial charge in [0.25, 0.3) is 11.8 Å². The van der Waals surface area contributed by atoms with Crippen molar-refractivity contribution in [3.8, 4) is 0 Å². The normalized spacial score (nSPS) is 26.9. The molecule has 0 saturated carbocycles. The number of nitrogens with zero attached hydrogens (tertiary/aromatic N) is 2. The van der Waals surface area contributed by atoms with Crippen molar-refractivity contribution in [2.45, 2.75) is 18.6 Å². The van der Waals surface area contributed by atoms with E-state index in [4.69, 9.17) is 10.2 Å². The molecule has 0 spiro atoms. The Bertz CT molecular complexity index is 247. The molecule has 6 nitrogen and oxygen atoms in total. The minimum absolute atomic E-state index is 0.240. The van der Waals surface area contributed by atoms with Gasteiger partial charge in [-0.3, -0.25) is 14.5 Å². The molecule has 0 bridgehead atoms. The van der Waals surface area contributed by atoms with Crippen LogP contribution in [0.3, 0.4) is 0 Å². The molecule has 86 valence electrons. The summed E-state index contributed by atoms with van der Waals surface area (Å²) in [5.74, 6) is -1.41. The minimum Gasteiger partial charge on any atom is -0.380 e. The van der Waals surface area contributed by atoms with Gasteiger partial charge in [-0.15, -0.1) is 0 Å². The highest BCUT2D eigenvalue weighted by Gasteiger charge is 2.45. The van der Waals surface area contributed by atoms with Crippen LogP contribution < -0.4 is 0 Å². The van der Waals surface area contributed by atoms with E-state index in [0.717, 1.165) is 11.4 Å². The van der Waals surface area contributed by atoms with E-state index in [1.807, 2.05) is 19.0 Å². The number of amides is 2. The summed E-state index contributed by atoms with van der Waals surface area (Å²) >= 11 is 0. The lowest BCUT2D eigenvalue weighted by atomic mass is 10.2. The van der Waals surface area contributed by atoms with Gasteiger partial charge in [-0.25, -0.2) is 0 Å². The molecule has 1 fully saturated rings. The van der Waals surface area contributed by atoms with E-state index in [2.05, 4.69) is 0 Å². The minimum atomic E-state index is -1.59. The number of aliphatic hydroxyl groups is 2. The summed E-state index contributed by atoms with van der Waals surface area (Å²) in [6.07, 6.45) is -2.54. The number of likely N-dealkylation sites (tertiary alicyclic amines) is 1. The molecule has 0 aromatic carbocycles. The molecule has 1 saturated heterocycles. The summed E-state index contributed by atoms with van der Waals surface area (Å²) in [5, 5.41) is 18.3. The molecule has 1 rings (SSSR count). The number of carbonyl (C=O) groups excluding carboxylic acids is 2. The molecule has 1 heterocycles. The zero-order chi connectivity index (χ0) is 11.6. The second-order valence-corrected chi connectivity index (χ2v) is 3.87. The Morgan fingerprint density at radius 3 is 2.07 bits per heavy atom. The lowest BCUT2D eigenvalue weighted by Gasteiger charge is -2.15. The maximum Gasteiger partial charge on any atom is 0.261 e. The van der Waals surface area contributed by atoms with E-state index < -0.39 is 24.0 Å². The van der Waals surface area contributed by atoms with E-state index in [1.54, 1.807) is 0 Å². The lowest BCUT2D eigenvalue weighted by molar-refractivity contribution is -0.141. The summed E-state index contributed by atoms with van der Waals surface area (Å²) in [6.45, 7) is 0.979. The highest BCUT2D eigenvalue weighted by molar-refractivity contribution is 6.07. The maximum absolute atomic E-state index is 11.3. The van der Waals surface area contributed by atoms with Gasteiger partial charge in [-0.05, 0) is 27.1 Å². The summed E-state index contributed by atoms with van der Waals surface area (Å²) in [4.78, 5) is 25.4. The molecule has 1 aliphatic rings. The molecule has 0 aromatic heterocycles. The monoisotopic (exact) mass is 216 g/mol. The van der Waals surface area contributed by atoms with Gasteiger partial charge in [0.2, 0.25) is 0 Å². The number of aliphatic hydroxyl groups excluding tert-OH is 2. The Kier molecular flexibility index (Phi) is 3.78. The van der Waals surface area contributed by atoms with E-state index in [1.165, 1.54) is 0 Å². The summed E-state index contributed by atoms with van der Waals surface area (Å²) < 4.78 is 0. The Hall–Kier alpha value is -0.980. The van der Waals surface area contributed by atoms with E-state index >= 15 is 0 Å². The van der Waals surface area contributed by atoms with Crippen molar-refractivity contribution < 1.29 is 19.8 Å². The summed E-state index contributed by atoms with van der Waals surface area (Å²) in [5.41, 5.74) is 0. The number of rotatable bonds is 4. The Labute approximate surface area is 88.1 Å². The van der Waals surface area contributed by atoms with E-state index in [0.29, 0.717) is 6.42 Å². The molecule has 2 N–H and O–H groups in total. The number of hydrogen-bond acceptors (Lipinski definition) is 5. The molecule has 0 aromatic rings. The third-order valence-electron chi connectivity index (χ3n) is 2.32. The van der Waals surface area contributed by atoms with E-state index in [9.17, 15) is 9.59 Å².